The minimum atomic E-state index is -0.761. The average Bonchev–Trinajstić information content (AvgIpc) is 3.24. The van der Waals surface area contributed by atoms with Gasteiger partial charge in [-0.3, -0.25) is 15.1 Å². The second kappa shape index (κ2) is 13.3. The summed E-state index contributed by atoms with van der Waals surface area (Å²) >= 11 is 6.20. The number of rotatable bonds is 12. The van der Waals surface area contributed by atoms with Crippen LogP contribution in [0.1, 0.15) is 43.0 Å². The summed E-state index contributed by atoms with van der Waals surface area (Å²) in [4.78, 5) is 17.2. The molecule has 2 aliphatic carbocycles. The maximum atomic E-state index is 12.8. The maximum Gasteiger partial charge on any atom is 0.253 e. The minimum Gasteiger partial charge on any atom is -0.374 e. The summed E-state index contributed by atoms with van der Waals surface area (Å²) in [7, 11) is 0. The fourth-order valence-electron chi connectivity index (χ4n) is 4.53. The van der Waals surface area contributed by atoms with Crippen LogP contribution in [0.3, 0.4) is 0 Å². The van der Waals surface area contributed by atoms with Crippen LogP contribution in [-0.4, -0.2) is 42.1 Å². The number of halogens is 1. The van der Waals surface area contributed by atoms with E-state index in [0.29, 0.717) is 23.0 Å². The molecule has 4 N–H and O–H groups in total. The van der Waals surface area contributed by atoms with Gasteiger partial charge < -0.3 is 15.7 Å². The molecule has 0 saturated heterocycles. The van der Waals surface area contributed by atoms with Crippen LogP contribution in [-0.2, 0) is 0 Å². The van der Waals surface area contributed by atoms with E-state index in [9.17, 15) is 9.90 Å². The highest BCUT2D eigenvalue weighted by Crippen LogP contribution is 2.38. The highest BCUT2D eigenvalue weighted by Gasteiger charge is 2.37. The van der Waals surface area contributed by atoms with Crippen molar-refractivity contribution in [3.63, 3.8) is 0 Å². The zero-order chi connectivity index (χ0) is 24.3. The van der Waals surface area contributed by atoms with Crippen LogP contribution in [0.4, 0.5) is 0 Å². The third-order valence-electron chi connectivity index (χ3n) is 6.44. The number of carbonyl (C=O) groups is 1. The predicted octanol–water partition coefficient (Wildman–Crippen LogP) is 4.36. The van der Waals surface area contributed by atoms with Crippen molar-refractivity contribution in [1.29, 1.82) is 0 Å². The molecule has 0 bridgehead atoms. The number of aliphatic hydroxyl groups excluding tert-OH is 1. The van der Waals surface area contributed by atoms with Crippen LogP contribution >= 0.6 is 11.6 Å². The first-order valence-corrected chi connectivity index (χ1v) is 12.3. The lowest BCUT2D eigenvalue weighted by atomic mass is 9.86. The summed E-state index contributed by atoms with van der Waals surface area (Å²) in [5.74, 6) is 0.372. The summed E-state index contributed by atoms with van der Waals surface area (Å²) in [6.45, 7) is 6.34. The van der Waals surface area contributed by atoms with Gasteiger partial charge in [-0.05, 0) is 61.6 Å². The van der Waals surface area contributed by atoms with Crippen LogP contribution in [0.25, 0.3) is 0 Å². The summed E-state index contributed by atoms with van der Waals surface area (Å²) in [6.07, 6.45) is 16.1. The van der Waals surface area contributed by atoms with Crippen molar-refractivity contribution >= 4 is 23.7 Å². The van der Waals surface area contributed by atoms with Crippen molar-refractivity contribution in [2.24, 2.45) is 16.8 Å². The lowest BCUT2D eigenvalue weighted by Crippen LogP contribution is -2.41. The number of hydrogen-bond acceptors (Lipinski definition) is 5. The van der Waals surface area contributed by atoms with E-state index in [1.54, 1.807) is 30.7 Å². The number of benzene rings is 1. The van der Waals surface area contributed by atoms with Gasteiger partial charge in [-0.25, -0.2) is 0 Å². The lowest BCUT2D eigenvalue weighted by molar-refractivity contribution is 0.0931. The molecule has 182 valence electrons. The smallest absolute Gasteiger partial charge is 0.253 e. The Kier molecular flexibility index (Phi) is 10.1. The van der Waals surface area contributed by atoms with Crippen LogP contribution in [0.15, 0.2) is 78.1 Å². The highest BCUT2D eigenvalue weighted by atomic mass is 35.5. The van der Waals surface area contributed by atoms with Gasteiger partial charge in [-0.15, -0.1) is 0 Å². The average molecular weight is 483 g/mol. The molecule has 1 aromatic rings. The topological polar surface area (TPSA) is 85.8 Å². The van der Waals surface area contributed by atoms with Gasteiger partial charge in [0.25, 0.3) is 5.91 Å². The van der Waals surface area contributed by atoms with Crippen molar-refractivity contribution in [3.8, 4) is 0 Å². The first-order chi connectivity index (χ1) is 16.5. The van der Waals surface area contributed by atoms with Gasteiger partial charge in [0, 0.05) is 37.0 Å². The van der Waals surface area contributed by atoms with E-state index in [1.807, 2.05) is 24.3 Å². The summed E-state index contributed by atoms with van der Waals surface area (Å²) < 4.78 is 0. The molecule has 3 rings (SSSR count). The van der Waals surface area contributed by atoms with Crippen LogP contribution < -0.4 is 16.0 Å². The normalized spacial score (nSPS) is 23.5. The SMILES string of the molecule is C=CNC=CC=NCCC(CC)NC(O)C1=CC2C(C=C1)CC[C@H]2NC(=O)c1ccccc1Cl. The molecule has 34 heavy (non-hydrogen) atoms. The molecule has 7 heteroatoms. The van der Waals surface area contributed by atoms with Gasteiger partial charge in [0.1, 0.15) is 6.23 Å². The molecule has 0 heterocycles. The molecule has 0 aromatic heterocycles. The van der Waals surface area contributed by atoms with Gasteiger partial charge >= 0.3 is 0 Å². The van der Waals surface area contributed by atoms with Crippen molar-refractivity contribution in [1.82, 2.24) is 16.0 Å². The van der Waals surface area contributed by atoms with Crippen LogP contribution in [0.2, 0.25) is 5.02 Å². The molecular formula is C27H35ClN4O2. The molecule has 1 fully saturated rings. The van der Waals surface area contributed by atoms with E-state index in [1.165, 1.54) is 0 Å². The van der Waals surface area contributed by atoms with Crippen LogP contribution in [0, 0.1) is 11.8 Å². The van der Waals surface area contributed by atoms with Gasteiger partial charge in [-0.2, -0.15) is 0 Å². The standard InChI is InChI=1S/C27H35ClN4O2/c1-3-21(14-17-30-16-7-15-29-4-2)31-26(33)20-11-10-19-12-13-25(23(19)18-20)32-27(34)22-8-5-6-9-24(22)28/h4-11,15-16,18-19,21,23,25-26,29,31,33H,2-3,12-14,17H2,1H3,(H,32,34)/t19?,21?,23?,25-,26?/m1/s1. The zero-order valence-electron chi connectivity index (χ0n) is 19.7. The Balaban J connectivity index is 1.56. The zero-order valence-corrected chi connectivity index (χ0v) is 20.4. The number of fused-ring (bicyclic) bond motifs is 1. The molecule has 0 spiro atoms. The van der Waals surface area contributed by atoms with Crippen molar-refractivity contribution < 1.29 is 9.90 Å². The number of nitrogens with zero attached hydrogens (tertiary/aromatic N) is 1. The number of hydrogen-bond donors (Lipinski definition) is 4. The van der Waals surface area contributed by atoms with Gasteiger partial charge in [-0.1, -0.05) is 55.5 Å². The van der Waals surface area contributed by atoms with Gasteiger partial charge in [0.2, 0.25) is 0 Å². The first-order valence-electron chi connectivity index (χ1n) is 11.9. The van der Waals surface area contributed by atoms with E-state index in [-0.39, 0.29) is 23.9 Å². The Labute approximate surface area is 207 Å². The molecule has 2 aliphatic rings. The van der Waals surface area contributed by atoms with E-state index < -0.39 is 6.23 Å². The quantitative estimate of drug-likeness (QED) is 0.263. The fraction of sp³-hybridized carbons (Fsp3) is 0.407. The largest absolute Gasteiger partial charge is 0.374 e. The third-order valence-corrected chi connectivity index (χ3v) is 6.77. The number of aliphatic hydroxyl groups is 1. The molecule has 0 aliphatic heterocycles. The van der Waals surface area contributed by atoms with Crippen molar-refractivity contribution in [3.05, 3.63) is 83.7 Å². The molecular weight excluding hydrogens is 448 g/mol. The monoisotopic (exact) mass is 482 g/mol. The number of aliphatic imine (C=N–C) groups is 1. The summed E-state index contributed by atoms with van der Waals surface area (Å²) in [6, 6.07) is 7.25. The van der Waals surface area contributed by atoms with E-state index in [4.69, 9.17) is 11.6 Å². The van der Waals surface area contributed by atoms with Crippen molar-refractivity contribution in [2.75, 3.05) is 6.54 Å². The van der Waals surface area contributed by atoms with E-state index >= 15 is 0 Å². The predicted molar refractivity (Wildman–Crippen MR) is 140 cm³/mol. The molecule has 1 aromatic carbocycles. The number of allylic oxidation sites excluding steroid dienone is 2. The molecule has 6 nitrogen and oxygen atoms in total. The highest BCUT2D eigenvalue weighted by molar-refractivity contribution is 6.33. The van der Waals surface area contributed by atoms with Gasteiger partial charge in [0.05, 0.1) is 10.6 Å². The number of carbonyl (C=O) groups excluding carboxylic acids is 1. The Hall–Kier alpha value is -2.67. The Morgan fingerprint density at radius 2 is 2.18 bits per heavy atom. The van der Waals surface area contributed by atoms with Gasteiger partial charge in [0.15, 0.2) is 0 Å². The Morgan fingerprint density at radius 3 is 2.94 bits per heavy atom. The molecule has 5 atom stereocenters. The van der Waals surface area contributed by atoms with E-state index in [2.05, 4.69) is 46.6 Å². The number of amides is 1. The van der Waals surface area contributed by atoms with Crippen molar-refractivity contribution in [2.45, 2.75) is 50.9 Å². The van der Waals surface area contributed by atoms with E-state index in [0.717, 1.165) is 31.3 Å². The number of nitrogens with one attached hydrogen (secondary N) is 3. The molecule has 4 unspecified atom stereocenters. The summed E-state index contributed by atoms with van der Waals surface area (Å²) in [5, 5.41) is 20.7. The second-order valence-electron chi connectivity index (χ2n) is 8.65. The lowest BCUT2D eigenvalue weighted by Gasteiger charge is -2.28. The second-order valence-corrected chi connectivity index (χ2v) is 9.06. The Bertz CT molecular complexity index is 956. The fourth-order valence-corrected chi connectivity index (χ4v) is 4.75. The minimum absolute atomic E-state index is 0.0147. The summed E-state index contributed by atoms with van der Waals surface area (Å²) in [5.41, 5.74) is 1.34. The first kappa shape index (κ1) is 25.9. The third kappa shape index (κ3) is 7.16. The molecule has 1 saturated carbocycles. The Morgan fingerprint density at radius 1 is 1.35 bits per heavy atom. The van der Waals surface area contributed by atoms with Crippen LogP contribution in [0.5, 0.6) is 0 Å². The maximum absolute atomic E-state index is 12.8. The molecule has 0 radical (unpaired) electrons. The molecule has 1 amide bonds.